The Hall–Kier alpha value is -0.340. The van der Waals surface area contributed by atoms with E-state index in [2.05, 4.69) is 43.1 Å². The molecule has 0 radical (unpaired) electrons. The fourth-order valence-electron chi connectivity index (χ4n) is 3.58. The van der Waals surface area contributed by atoms with Gasteiger partial charge in [-0.05, 0) is 25.7 Å². The average molecular weight is 250 g/mol. The third kappa shape index (κ3) is 2.97. The molecular formula is C16H30N2. The Kier molecular flexibility index (Phi) is 4.85. The van der Waals surface area contributed by atoms with Crippen LogP contribution in [0.3, 0.4) is 0 Å². The summed E-state index contributed by atoms with van der Waals surface area (Å²) in [5.74, 6) is 0.735. The Bertz CT molecular complexity index is 277. The molecule has 2 heteroatoms. The van der Waals surface area contributed by atoms with Crippen LogP contribution in [0.5, 0.6) is 0 Å². The van der Waals surface area contributed by atoms with Crippen molar-refractivity contribution in [2.75, 3.05) is 19.6 Å². The number of hydrogen-bond acceptors (Lipinski definition) is 2. The van der Waals surface area contributed by atoms with Gasteiger partial charge in [0.15, 0.2) is 0 Å². The van der Waals surface area contributed by atoms with Gasteiger partial charge in [-0.2, -0.15) is 0 Å². The number of piperazine rings is 1. The minimum Gasteiger partial charge on any atom is -0.311 e. The lowest BCUT2D eigenvalue weighted by molar-refractivity contribution is 0.0112. The number of rotatable bonds is 3. The van der Waals surface area contributed by atoms with Gasteiger partial charge in [-0.15, -0.1) is 0 Å². The van der Waals surface area contributed by atoms with E-state index in [1.165, 1.54) is 45.2 Å². The summed E-state index contributed by atoms with van der Waals surface area (Å²) in [6.07, 6.45) is 11.6. The highest BCUT2D eigenvalue weighted by atomic mass is 15.3. The molecule has 0 aromatic carbocycles. The summed E-state index contributed by atoms with van der Waals surface area (Å²) in [7, 11) is 0. The molecule has 1 aliphatic heterocycles. The van der Waals surface area contributed by atoms with Crippen LogP contribution in [-0.4, -0.2) is 36.1 Å². The van der Waals surface area contributed by atoms with Gasteiger partial charge >= 0.3 is 0 Å². The van der Waals surface area contributed by atoms with Gasteiger partial charge in [-0.25, -0.2) is 0 Å². The lowest BCUT2D eigenvalue weighted by Gasteiger charge is -2.52. The molecule has 1 spiro atoms. The van der Waals surface area contributed by atoms with Crippen LogP contribution in [0.25, 0.3) is 0 Å². The predicted molar refractivity (Wildman–Crippen MR) is 78.8 cm³/mol. The summed E-state index contributed by atoms with van der Waals surface area (Å²) in [5.41, 5.74) is 0.461. The first kappa shape index (κ1) is 14.1. The highest BCUT2D eigenvalue weighted by Gasteiger charge is 2.41. The van der Waals surface area contributed by atoms with Gasteiger partial charge < -0.3 is 5.32 Å². The van der Waals surface area contributed by atoms with E-state index in [-0.39, 0.29) is 0 Å². The molecule has 1 saturated carbocycles. The van der Waals surface area contributed by atoms with Crippen LogP contribution >= 0.6 is 0 Å². The third-order valence-electron chi connectivity index (χ3n) is 4.93. The van der Waals surface area contributed by atoms with Crippen molar-refractivity contribution in [1.82, 2.24) is 10.2 Å². The zero-order valence-electron chi connectivity index (χ0n) is 12.4. The smallest absolute Gasteiger partial charge is 0.0338 e. The molecule has 2 fully saturated rings. The van der Waals surface area contributed by atoms with Gasteiger partial charge in [0.25, 0.3) is 0 Å². The zero-order chi connectivity index (χ0) is 13.0. The molecule has 0 amide bonds. The molecule has 0 aromatic rings. The standard InChI is InChI=1S/C16H30N2/c1-4-5-11-18-12-15(14(2)3)17-13-16(18)9-7-6-8-10-16/h4-5,14-15,17H,6-13H2,1-3H3/b5-4+. The van der Waals surface area contributed by atoms with E-state index in [0.29, 0.717) is 11.6 Å². The molecular weight excluding hydrogens is 220 g/mol. The monoisotopic (exact) mass is 250 g/mol. The molecule has 18 heavy (non-hydrogen) atoms. The second kappa shape index (κ2) is 6.21. The highest BCUT2D eigenvalue weighted by Crippen LogP contribution is 2.35. The summed E-state index contributed by atoms with van der Waals surface area (Å²) >= 11 is 0. The van der Waals surface area contributed by atoms with Gasteiger partial charge in [0.1, 0.15) is 0 Å². The molecule has 1 atom stereocenters. The topological polar surface area (TPSA) is 15.3 Å². The van der Waals surface area contributed by atoms with Gasteiger partial charge in [0.2, 0.25) is 0 Å². The van der Waals surface area contributed by atoms with Crippen LogP contribution in [0.1, 0.15) is 52.9 Å². The van der Waals surface area contributed by atoms with Crippen molar-refractivity contribution in [2.24, 2.45) is 5.92 Å². The Morgan fingerprint density at radius 3 is 2.61 bits per heavy atom. The minimum absolute atomic E-state index is 0.461. The summed E-state index contributed by atoms with van der Waals surface area (Å²) in [5, 5.41) is 3.82. The second-order valence-electron chi connectivity index (χ2n) is 6.49. The first-order valence-electron chi connectivity index (χ1n) is 7.77. The van der Waals surface area contributed by atoms with Gasteiger partial charge in [0.05, 0.1) is 0 Å². The second-order valence-corrected chi connectivity index (χ2v) is 6.49. The van der Waals surface area contributed by atoms with Crippen LogP contribution in [0.15, 0.2) is 12.2 Å². The first-order chi connectivity index (χ1) is 8.68. The van der Waals surface area contributed by atoms with E-state index in [0.717, 1.165) is 12.5 Å². The van der Waals surface area contributed by atoms with Gasteiger partial charge in [-0.3, -0.25) is 4.90 Å². The third-order valence-corrected chi connectivity index (χ3v) is 4.93. The molecule has 0 bridgehead atoms. The fraction of sp³-hybridized carbons (Fsp3) is 0.875. The van der Waals surface area contributed by atoms with Crippen molar-refractivity contribution in [2.45, 2.75) is 64.5 Å². The van der Waals surface area contributed by atoms with Crippen LogP contribution < -0.4 is 5.32 Å². The van der Waals surface area contributed by atoms with E-state index in [1.54, 1.807) is 0 Å². The largest absolute Gasteiger partial charge is 0.311 e. The maximum absolute atomic E-state index is 3.82. The quantitative estimate of drug-likeness (QED) is 0.774. The molecule has 1 unspecified atom stereocenters. The first-order valence-corrected chi connectivity index (χ1v) is 7.77. The van der Waals surface area contributed by atoms with E-state index < -0.39 is 0 Å². The maximum atomic E-state index is 3.82. The van der Waals surface area contributed by atoms with Crippen LogP contribution in [0.4, 0.5) is 0 Å². The number of nitrogens with zero attached hydrogens (tertiary/aromatic N) is 1. The minimum atomic E-state index is 0.461. The molecule has 2 aliphatic rings. The molecule has 1 saturated heterocycles. The van der Waals surface area contributed by atoms with Crippen LogP contribution in [-0.2, 0) is 0 Å². The molecule has 2 nitrogen and oxygen atoms in total. The Labute approximate surface area is 113 Å². The molecule has 0 aromatic heterocycles. The average Bonchev–Trinajstić information content (AvgIpc) is 2.38. The van der Waals surface area contributed by atoms with E-state index in [9.17, 15) is 0 Å². The van der Waals surface area contributed by atoms with E-state index in [1.807, 2.05) is 0 Å². The summed E-state index contributed by atoms with van der Waals surface area (Å²) < 4.78 is 0. The normalized spacial score (nSPS) is 29.4. The Balaban J connectivity index is 2.08. The summed E-state index contributed by atoms with van der Waals surface area (Å²) in [6, 6.07) is 0.669. The lowest BCUT2D eigenvalue weighted by Crippen LogP contribution is -2.66. The molecule has 1 aliphatic carbocycles. The van der Waals surface area contributed by atoms with Crippen LogP contribution in [0.2, 0.25) is 0 Å². The molecule has 1 N–H and O–H groups in total. The number of hydrogen-bond donors (Lipinski definition) is 1. The molecule has 1 heterocycles. The lowest BCUT2D eigenvalue weighted by atomic mass is 9.77. The predicted octanol–water partition coefficient (Wildman–Crippen LogP) is 3.20. The Morgan fingerprint density at radius 2 is 2.00 bits per heavy atom. The number of allylic oxidation sites excluding steroid dienone is 1. The van der Waals surface area contributed by atoms with E-state index >= 15 is 0 Å². The molecule has 2 rings (SSSR count). The van der Waals surface area contributed by atoms with Crippen molar-refractivity contribution in [3.05, 3.63) is 12.2 Å². The van der Waals surface area contributed by atoms with Crippen molar-refractivity contribution < 1.29 is 0 Å². The van der Waals surface area contributed by atoms with Gasteiger partial charge in [-0.1, -0.05) is 45.3 Å². The summed E-state index contributed by atoms with van der Waals surface area (Å²) in [6.45, 7) is 10.4. The summed E-state index contributed by atoms with van der Waals surface area (Å²) in [4.78, 5) is 2.77. The van der Waals surface area contributed by atoms with Gasteiger partial charge in [0, 0.05) is 31.2 Å². The zero-order valence-corrected chi connectivity index (χ0v) is 12.4. The van der Waals surface area contributed by atoms with E-state index in [4.69, 9.17) is 0 Å². The maximum Gasteiger partial charge on any atom is 0.0338 e. The fourth-order valence-corrected chi connectivity index (χ4v) is 3.58. The molecule has 104 valence electrons. The Morgan fingerprint density at radius 1 is 1.28 bits per heavy atom. The van der Waals surface area contributed by atoms with Crippen molar-refractivity contribution in [3.8, 4) is 0 Å². The number of nitrogens with one attached hydrogen (secondary N) is 1. The van der Waals surface area contributed by atoms with Crippen molar-refractivity contribution in [3.63, 3.8) is 0 Å². The highest BCUT2D eigenvalue weighted by molar-refractivity contribution is 5.03. The SMILES string of the molecule is C/C=C/CN1CC(C(C)C)NCC12CCCCC2. The van der Waals surface area contributed by atoms with Crippen molar-refractivity contribution >= 4 is 0 Å². The van der Waals surface area contributed by atoms with Crippen molar-refractivity contribution in [1.29, 1.82) is 0 Å². The van der Waals surface area contributed by atoms with Crippen LogP contribution in [0, 0.1) is 5.92 Å².